The Hall–Kier alpha value is -4.25. The second-order valence-electron chi connectivity index (χ2n) is 7.39. The number of nitrogens with zero attached hydrogens (tertiary/aromatic N) is 3. The Balaban J connectivity index is 1.70. The van der Waals surface area contributed by atoms with E-state index in [4.69, 9.17) is 4.74 Å². The van der Waals surface area contributed by atoms with Gasteiger partial charge in [0.2, 0.25) is 0 Å². The normalized spacial score (nSPS) is 11.7. The topological polar surface area (TPSA) is 139 Å². The summed E-state index contributed by atoms with van der Waals surface area (Å²) in [6, 6.07) is 17.6. The summed E-state index contributed by atoms with van der Waals surface area (Å²) in [6.07, 6.45) is 0. The Morgan fingerprint density at radius 1 is 1.09 bits per heavy atom. The van der Waals surface area contributed by atoms with Crippen LogP contribution in [-0.4, -0.2) is 25.4 Å². The second kappa shape index (κ2) is 9.32. The Kier molecular flexibility index (Phi) is 6.28. The maximum atomic E-state index is 13.2. The highest BCUT2D eigenvalue weighted by molar-refractivity contribution is 7.92. The number of fused-ring (bicyclic) bond motifs is 1. The zero-order valence-corrected chi connectivity index (χ0v) is 19.2. The van der Waals surface area contributed by atoms with Gasteiger partial charge in [-0.15, -0.1) is 0 Å². The van der Waals surface area contributed by atoms with E-state index in [-0.39, 0.29) is 28.5 Å². The summed E-state index contributed by atoms with van der Waals surface area (Å²) in [5.74, 6) is 0.300. The summed E-state index contributed by atoms with van der Waals surface area (Å²) in [6.45, 7) is 2.12. The second-order valence-corrected chi connectivity index (χ2v) is 9.04. The molecule has 3 aromatic carbocycles. The lowest BCUT2D eigenvalue weighted by molar-refractivity contribution is -0.385. The fraction of sp³-hybridized carbons (Fsp3) is 0.130. The molecule has 34 heavy (non-hydrogen) atoms. The van der Waals surface area contributed by atoms with Crippen molar-refractivity contribution in [1.29, 1.82) is 0 Å². The molecule has 0 saturated heterocycles. The van der Waals surface area contributed by atoms with E-state index in [2.05, 4.69) is 19.9 Å². The lowest BCUT2D eigenvalue weighted by Crippen LogP contribution is -2.14. The number of anilines is 1. The van der Waals surface area contributed by atoms with Gasteiger partial charge in [0.25, 0.3) is 15.7 Å². The van der Waals surface area contributed by atoms with Crippen molar-refractivity contribution >= 4 is 38.0 Å². The third kappa shape index (κ3) is 4.59. The molecule has 0 atom stereocenters. The number of para-hydroxylation sites is 3. The van der Waals surface area contributed by atoms with Crippen molar-refractivity contribution in [3.8, 4) is 5.75 Å². The van der Waals surface area contributed by atoms with E-state index in [1.54, 1.807) is 18.2 Å². The van der Waals surface area contributed by atoms with Gasteiger partial charge >= 0.3 is 0 Å². The van der Waals surface area contributed by atoms with Crippen LogP contribution in [-0.2, 0) is 16.6 Å². The molecule has 0 unspecified atom stereocenters. The molecule has 11 heteroatoms. The van der Waals surface area contributed by atoms with Crippen LogP contribution < -0.4 is 9.46 Å². The van der Waals surface area contributed by atoms with Gasteiger partial charge in [0.15, 0.2) is 0 Å². The number of non-ortho nitro benzene ring substituents is 1. The van der Waals surface area contributed by atoms with Crippen molar-refractivity contribution < 1.29 is 18.1 Å². The molecule has 4 rings (SSSR count). The number of aromatic amines is 1. The first-order chi connectivity index (χ1) is 16.3. The number of methoxy groups -OCH3 is 1. The minimum atomic E-state index is -4.25. The molecule has 0 fully saturated rings. The molecule has 0 aliphatic rings. The molecule has 0 amide bonds. The van der Waals surface area contributed by atoms with Crippen molar-refractivity contribution in [2.45, 2.75) is 18.4 Å². The molecule has 0 saturated carbocycles. The van der Waals surface area contributed by atoms with Crippen LogP contribution in [0.15, 0.2) is 81.9 Å². The van der Waals surface area contributed by atoms with Crippen LogP contribution in [0.5, 0.6) is 5.75 Å². The molecule has 1 aromatic heterocycles. The molecule has 0 spiro atoms. The van der Waals surface area contributed by atoms with E-state index in [1.807, 2.05) is 31.2 Å². The highest BCUT2D eigenvalue weighted by Crippen LogP contribution is 2.33. The summed E-state index contributed by atoms with van der Waals surface area (Å²) in [7, 11) is -2.84. The molecular formula is C23H21N5O5S. The molecule has 0 aliphatic carbocycles. The third-order valence-corrected chi connectivity index (χ3v) is 6.62. The van der Waals surface area contributed by atoms with Crippen LogP contribution in [0.4, 0.5) is 17.1 Å². The number of hydrogen-bond donors (Lipinski definition) is 2. The Morgan fingerprint density at radius 3 is 2.59 bits per heavy atom. The van der Waals surface area contributed by atoms with E-state index in [9.17, 15) is 18.5 Å². The van der Waals surface area contributed by atoms with E-state index >= 15 is 0 Å². The van der Waals surface area contributed by atoms with Crippen molar-refractivity contribution in [2.75, 3.05) is 11.8 Å². The van der Waals surface area contributed by atoms with E-state index in [0.717, 1.165) is 28.2 Å². The van der Waals surface area contributed by atoms with Gasteiger partial charge in [0, 0.05) is 34.3 Å². The van der Waals surface area contributed by atoms with Crippen molar-refractivity contribution in [1.82, 2.24) is 4.98 Å². The lowest BCUT2D eigenvalue weighted by atomic mass is 10.1. The molecule has 0 bridgehead atoms. The summed E-state index contributed by atoms with van der Waals surface area (Å²) < 4.78 is 34.0. The fourth-order valence-electron chi connectivity index (χ4n) is 3.56. The van der Waals surface area contributed by atoms with Gasteiger partial charge in [0.1, 0.15) is 16.3 Å². The van der Waals surface area contributed by atoms with Crippen LogP contribution in [0.3, 0.4) is 0 Å². The van der Waals surface area contributed by atoms with E-state index in [1.165, 1.54) is 25.3 Å². The summed E-state index contributed by atoms with van der Waals surface area (Å²) in [5, 5.41) is 20.6. The molecule has 2 N–H and O–H groups in total. The first-order valence-corrected chi connectivity index (χ1v) is 11.7. The van der Waals surface area contributed by atoms with Crippen LogP contribution >= 0.6 is 0 Å². The maximum Gasteiger partial charge on any atom is 0.270 e. The molecular weight excluding hydrogens is 458 g/mol. The van der Waals surface area contributed by atoms with Crippen LogP contribution in [0.2, 0.25) is 0 Å². The average Bonchev–Trinajstić information content (AvgIpc) is 3.14. The molecule has 10 nitrogen and oxygen atoms in total. The number of nitrogens with one attached hydrogen (secondary N) is 2. The monoisotopic (exact) mass is 479 g/mol. The molecule has 0 aliphatic heterocycles. The smallest absolute Gasteiger partial charge is 0.270 e. The molecule has 4 aromatic rings. The minimum absolute atomic E-state index is 0.0227. The maximum absolute atomic E-state index is 13.2. The van der Waals surface area contributed by atoms with Gasteiger partial charge < -0.3 is 9.72 Å². The number of aryl methyl sites for hydroxylation is 1. The minimum Gasteiger partial charge on any atom is -0.495 e. The zero-order valence-electron chi connectivity index (χ0n) is 18.3. The van der Waals surface area contributed by atoms with Gasteiger partial charge in [-0.2, -0.15) is 10.2 Å². The Morgan fingerprint density at radius 2 is 1.82 bits per heavy atom. The number of azo groups is 1. The number of H-pyrrole nitrogens is 1. The van der Waals surface area contributed by atoms with E-state index < -0.39 is 14.9 Å². The summed E-state index contributed by atoms with van der Waals surface area (Å²) >= 11 is 0. The number of sulfonamides is 1. The SMILES string of the molecule is COc1ccccc1NS(=O)(=O)c1cc([N+](=O)[O-])ccc1N=NCc1c(C)[nH]c2ccccc12. The van der Waals surface area contributed by atoms with Crippen LogP contribution in [0.25, 0.3) is 10.9 Å². The largest absolute Gasteiger partial charge is 0.495 e. The highest BCUT2D eigenvalue weighted by atomic mass is 32.2. The third-order valence-electron chi connectivity index (χ3n) is 5.23. The Labute approximate surface area is 195 Å². The van der Waals surface area contributed by atoms with Gasteiger partial charge in [-0.3, -0.25) is 14.8 Å². The van der Waals surface area contributed by atoms with Crippen molar-refractivity contribution in [2.24, 2.45) is 10.2 Å². The predicted octanol–water partition coefficient (Wildman–Crippen LogP) is 5.48. The molecule has 174 valence electrons. The summed E-state index contributed by atoms with van der Waals surface area (Å²) in [5.41, 5.74) is 2.60. The van der Waals surface area contributed by atoms with Gasteiger partial charge in [-0.05, 0) is 31.2 Å². The molecule has 1 heterocycles. The highest BCUT2D eigenvalue weighted by Gasteiger charge is 2.24. The first-order valence-electron chi connectivity index (χ1n) is 10.2. The zero-order chi connectivity index (χ0) is 24.3. The first kappa shape index (κ1) is 22.9. The predicted molar refractivity (Wildman–Crippen MR) is 128 cm³/mol. The van der Waals surface area contributed by atoms with Crippen LogP contribution in [0, 0.1) is 17.0 Å². The number of rotatable bonds is 8. The van der Waals surface area contributed by atoms with Crippen molar-refractivity contribution in [3.63, 3.8) is 0 Å². The van der Waals surface area contributed by atoms with Crippen LogP contribution in [0.1, 0.15) is 11.3 Å². The van der Waals surface area contributed by atoms with Crippen molar-refractivity contribution in [3.05, 3.63) is 88.1 Å². The number of aromatic nitrogens is 1. The quantitative estimate of drug-likeness (QED) is 0.196. The number of nitro groups is 1. The number of nitro benzene ring substituents is 1. The number of benzene rings is 3. The number of ether oxygens (including phenoxy) is 1. The van der Waals surface area contributed by atoms with Gasteiger partial charge in [0.05, 0.1) is 24.3 Å². The lowest BCUT2D eigenvalue weighted by Gasteiger charge is -2.12. The molecule has 0 radical (unpaired) electrons. The summed E-state index contributed by atoms with van der Waals surface area (Å²) in [4.78, 5) is 13.5. The number of hydrogen-bond acceptors (Lipinski definition) is 7. The van der Waals surface area contributed by atoms with Gasteiger partial charge in [-0.25, -0.2) is 8.42 Å². The standard InChI is InChI=1S/C23H21N5O5S/c1-15-18(17-7-3-4-8-19(17)25-15)14-24-26-21-12-11-16(28(29)30)13-23(21)34(31,32)27-20-9-5-6-10-22(20)33-2/h3-13,25,27H,14H2,1-2H3. The fourth-order valence-corrected chi connectivity index (χ4v) is 4.79. The average molecular weight is 480 g/mol. The van der Waals surface area contributed by atoms with Gasteiger partial charge in [-0.1, -0.05) is 30.3 Å². The van der Waals surface area contributed by atoms with E-state index in [0.29, 0.717) is 5.75 Å². The Bertz CT molecular complexity index is 1510.